The van der Waals surface area contributed by atoms with Crippen molar-refractivity contribution in [3.05, 3.63) is 53.6 Å². The molecule has 0 aliphatic heterocycles. The van der Waals surface area contributed by atoms with Gasteiger partial charge in [-0.15, -0.1) is 0 Å². The largest absolute Gasteiger partial charge is 0.504 e. The smallest absolute Gasteiger partial charge is 0.271 e. The van der Waals surface area contributed by atoms with Crippen molar-refractivity contribution >= 4 is 12.1 Å². The second-order valence-electron chi connectivity index (χ2n) is 4.55. The standard InChI is InChI=1S/C17H18N2O4/c1-3-23-14-9-7-12(8-10-14)17(21)19-18-11-13-5-4-6-15(22-2)16(13)20/h4-11,20H,3H2,1-2H3,(H,19,21)/b18-11-. The molecular weight excluding hydrogens is 296 g/mol. The van der Waals surface area contributed by atoms with Crippen LogP contribution in [0.25, 0.3) is 0 Å². The first-order valence-electron chi connectivity index (χ1n) is 7.08. The number of rotatable bonds is 6. The fourth-order valence-electron chi connectivity index (χ4n) is 1.90. The van der Waals surface area contributed by atoms with Crippen LogP contribution in [0, 0.1) is 0 Å². The summed E-state index contributed by atoms with van der Waals surface area (Å²) in [6.07, 6.45) is 1.35. The minimum atomic E-state index is -0.355. The fourth-order valence-corrected chi connectivity index (χ4v) is 1.90. The molecule has 2 N–H and O–H groups in total. The summed E-state index contributed by atoms with van der Waals surface area (Å²) in [7, 11) is 1.46. The van der Waals surface area contributed by atoms with Gasteiger partial charge in [0.15, 0.2) is 11.5 Å². The average molecular weight is 314 g/mol. The lowest BCUT2D eigenvalue weighted by atomic mass is 10.2. The van der Waals surface area contributed by atoms with Crippen molar-refractivity contribution in [3.8, 4) is 17.2 Å². The van der Waals surface area contributed by atoms with Crippen molar-refractivity contribution in [2.45, 2.75) is 6.92 Å². The van der Waals surface area contributed by atoms with E-state index in [1.165, 1.54) is 13.3 Å². The van der Waals surface area contributed by atoms with Crippen LogP contribution in [0.1, 0.15) is 22.8 Å². The first-order chi connectivity index (χ1) is 11.2. The van der Waals surface area contributed by atoms with Crippen molar-refractivity contribution < 1.29 is 19.4 Å². The number of phenols is 1. The lowest BCUT2D eigenvalue weighted by Crippen LogP contribution is -2.17. The lowest BCUT2D eigenvalue weighted by molar-refractivity contribution is 0.0955. The van der Waals surface area contributed by atoms with E-state index in [4.69, 9.17) is 9.47 Å². The second-order valence-corrected chi connectivity index (χ2v) is 4.55. The van der Waals surface area contributed by atoms with Crippen LogP contribution >= 0.6 is 0 Å². The number of methoxy groups -OCH3 is 1. The van der Waals surface area contributed by atoms with Crippen molar-refractivity contribution in [2.75, 3.05) is 13.7 Å². The number of para-hydroxylation sites is 1. The molecular formula is C17H18N2O4. The third-order valence-corrected chi connectivity index (χ3v) is 3.05. The van der Waals surface area contributed by atoms with Gasteiger partial charge >= 0.3 is 0 Å². The molecule has 1 amide bonds. The number of phenolic OH excluding ortho intramolecular Hbond substituents is 1. The van der Waals surface area contributed by atoms with Gasteiger partial charge in [0, 0.05) is 11.1 Å². The SMILES string of the molecule is CCOc1ccc(C(=O)N/N=C\c2cccc(OC)c2O)cc1. The Morgan fingerprint density at radius 2 is 2.00 bits per heavy atom. The summed E-state index contributed by atoms with van der Waals surface area (Å²) in [5.41, 5.74) is 3.30. The highest BCUT2D eigenvalue weighted by molar-refractivity contribution is 5.95. The Morgan fingerprint density at radius 3 is 2.65 bits per heavy atom. The number of nitrogens with zero attached hydrogens (tertiary/aromatic N) is 1. The molecule has 0 bridgehead atoms. The summed E-state index contributed by atoms with van der Waals surface area (Å²) in [6.45, 7) is 2.46. The highest BCUT2D eigenvalue weighted by atomic mass is 16.5. The van der Waals surface area contributed by atoms with Gasteiger partial charge in [0.25, 0.3) is 5.91 Å². The molecule has 0 saturated carbocycles. The van der Waals surface area contributed by atoms with E-state index in [-0.39, 0.29) is 11.7 Å². The Hall–Kier alpha value is -3.02. The number of nitrogens with one attached hydrogen (secondary N) is 1. The number of hydrazone groups is 1. The normalized spacial score (nSPS) is 10.5. The van der Waals surface area contributed by atoms with Crippen LogP contribution in [-0.2, 0) is 0 Å². The van der Waals surface area contributed by atoms with E-state index < -0.39 is 0 Å². The summed E-state index contributed by atoms with van der Waals surface area (Å²) < 4.78 is 10.3. The van der Waals surface area contributed by atoms with E-state index >= 15 is 0 Å². The van der Waals surface area contributed by atoms with Gasteiger partial charge in [0.05, 0.1) is 19.9 Å². The zero-order valence-electron chi connectivity index (χ0n) is 12.9. The summed E-state index contributed by atoms with van der Waals surface area (Å²) in [4.78, 5) is 12.0. The maximum Gasteiger partial charge on any atom is 0.271 e. The number of hydrogen-bond acceptors (Lipinski definition) is 5. The maximum atomic E-state index is 12.0. The molecule has 2 aromatic rings. The maximum absolute atomic E-state index is 12.0. The summed E-state index contributed by atoms with van der Waals surface area (Å²) in [5, 5.41) is 13.8. The van der Waals surface area contributed by atoms with Gasteiger partial charge in [0.2, 0.25) is 0 Å². The third kappa shape index (κ3) is 4.23. The molecule has 0 radical (unpaired) electrons. The van der Waals surface area contributed by atoms with Crippen molar-refractivity contribution in [2.24, 2.45) is 5.10 Å². The van der Waals surface area contributed by atoms with Crippen LogP contribution in [0.3, 0.4) is 0 Å². The van der Waals surface area contributed by atoms with Crippen LogP contribution in [0.4, 0.5) is 0 Å². The molecule has 0 heterocycles. The summed E-state index contributed by atoms with van der Waals surface area (Å²) in [6, 6.07) is 11.7. The molecule has 2 rings (SSSR count). The van der Waals surface area contributed by atoms with E-state index in [0.717, 1.165) is 0 Å². The highest BCUT2D eigenvalue weighted by Crippen LogP contribution is 2.27. The topological polar surface area (TPSA) is 80.2 Å². The summed E-state index contributed by atoms with van der Waals surface area (Å²) >= 11 is 0. The zero-order chi connectivity index (χ0) is 16.7. The van der Waals surface area contributed by atoms with Gasteiger partial charge < -0.3 is 14.6 Å². The molecule has 2 aromatic carbocycles. The van der Waals surface area contributed by atoms with Crippen molar-refractivity contribution in [1.82, 2.24) is 5.43 Å². The quantitative estimate of drug-likeness (QED) is 0.634. The van der Waals surface area contributed by atoms with Crippen LogP contribution in [0.2, 0.25) is 0 Å². The number of carbonyl (C=O) groups is 1. The number of carbonyl (C=O) groups excluding carboxylic acids is 1. The molecule has 6 heteroatoms. The average Bonchev–Trinajstić information content (AvgIpc) is 2.57. The predicted molar refractivity (Wildman–Crippen MR) is 87.3 cm³/mol. The second kappa shape index (κ2) is 7.84. The zero-order valence-corrected chi connectivity index (χ0v) is 12.9. The summed E-state index contributed by atoms with van der Waals surface area (Å²) in [5.74, 6) is 0.654. The molecule has 0 aliphatic rings. The number of ether oxygens (including phenoxy) is 2. The minimum absolute atomic E-state index is 0.0333. The van der Waals surface area contributed by atoms with E-state index in [2.05, 4.69) is 10.5 Å². The van der Waals surface area contributed by atoms with Crippen LogP contribution in [-0.4, -0.2) is 30.9 Å². The fraction of sp³-hybridized carbons (Fsp3) is 0.176. The highest BCUT2D eigenvalue weighted by Gasteiger charge is 2.06. The first kappa shape index (κ1) is 16.4. The Morgan fingerprint density at radius 1 is 1.26 bits per heavy atom. The minimum Gasteiger partial charge on any atom is -0.504 e. The Balaban J connectivity index is 2.01. The van der Waals surface area contributed by atoms with Crippen molar-refractivity contribution in [1.29, 1.82) is 0 Å². The Labute approximate surface area is 134 Å². The van der Waals surface area contributed by atoms with Crippen LogP contribution < -0.4 is 14.9 Å². The van der Waals surface area contributed by atoms with E-state index in [1.54, 1.807) is 42.5 Å². The molecule has 0 unspecified atom stereocenters. The lowest BCUT2D eigenvalue weighted by Gasteiger charge is -2.05. The molecule has 0 fully saturated rings. The van der Waals surface area contributed by atoms with Gasteiger partial charge in [-0.1, -0.05) is 6.07 Å². The molecule has 0 aliphatic carbocycles. The van der Waals surface area contributed by atoms with E-state index in [0.29, 0.717) is 29.2 Å². The predicted octanol–water partition coefficient (Wildman–Crippen LogP) is 2.56. The Kier molecular flexibility index (Phi) is 5.57. The van der Waals surface area contributed by atoms with Gasteiger partial charge in [0.1, 0.15) is 5.75 Å². The van der Waals surface area contributed by atoms with Gasteiger partial charge in [-0.2, -0.15) is 5.10 Å². The van der Waals surface area contributed by atoms with Gasteiger partial charge in [-0.05, 0) is 43.3 Å². The third-order valence-electron chi connectivity index (χ3n) is 3.05. The number of hydrogen-bond donors (Lipinski definition) is 2. The molecule has 120 valence electrons. The molecule has 23 heavy (non-hydrogen) atoms. The van der Waals surface area contributed by atoms with Gasteiger partial charge in [-0.25, -0.2) is 5.43 Å². The molecule has 0 aromatic heterocycles. The van der Waals surface area contributed by atoms with Crippen LogP contribution in [0.5, 0.6) is 17.2 Å². The first-order valence-corrected chi connectivity index (χ1v) is 7.08. The molecule has 0 spiro atoms. The van der Waals surface area contributed by atoms with Crippen LogP contribution in [0.15, 0.2) is 47.6 Å². The number of aromatic hydroxyl groups is 1. The molecule has 6 nitrogen and oxygen atoms in total. The van der Waals surface area contributed by atoms with Crippen molar-refractivity contribution in [3.63, 3.8) is 0 Å². The monoisotopic (exact) mass is 314 g/mol. The van der Waals surface area contributed by atoms with E-state index in [9.17, 15) is 9.90 Å². The van der Waals surface area contributed by atoms with Gasteiger partial charge in [-0.3, -0.25) is 4.79 Å². The van der Waals surface area contributed by atoms with E-state index in [1.807, 2.05) is 6.92 Å². The molecule has 0 saturated heterocycles. The Bertz CT molecular complexity index is 696. The number of amides is 1. The number of benzene rings is 2. The molecule has 0 atom stereocenters.